The van der Waals surface area contributed by atoms with Crippen LogP contribution < -0.4 is 10.6 Å². The summed E-state index contributed by atoms with van der Waals surface area (Å²) in [5.74, 6) is -0.561. The van der Waals surface area contributed by atoms with Gasteiger partial charge in [-0.05, 0) is 23.8 Å². The quantitative estimate of drug-likeness (QED) is 0.889. The van der Waals surface area contributed by atoms with Gasteiger partial charge < -0.3 is 10.6 Å². The highest BCUT2D eigenvalue weighted by Crippen LogP contribution is 2.32. The Morgan fingerprint density at radius 3 is 2.58 bits per heavy atom. The second-order valence-corrected chi connectivity index (χ2v) is 6.94. The number of carbonyl (C=O) groups is 2. The van der Waals surface area contributed by atoms with Crippen molar-refractivity contribution in [1.29, 1.82) is 0 Å². The van der Waals surface area contributed by atoms with Gasteiger partial charge in [0.2, 0.25) is 11.8 Å². The van der Waals surface area contributed by atoms with Gasteiger partial charge >= 0.3 is 0 Å². The van der Waals surface area contributed by atoms with Crippen LogP contribution in [-0.4, -0.2) is 22.0 Å². The van der Waals surface area contributed by atoms with Crippen LogP contribution in [0.25, 0.3) is 0 Å². The fourth-order valence-electron chi connectivity index (χ4n) is 2.66. The molecule has 1 aromatic carbocycles. The molecular formula is C18H20N4O2. The molecule has 0 saturated carbocycles. The molecule has 2 heterocycles. The van der Waals surface area contributed by atoms with Crippen LogP contribution in [0.5, 0.6) is 0 Å². The molecule has 1 aliphatic rings. The van der Waals surface area contributed by atoms with Crippen molar-refractivity contribution in [2.75, 3.05) is 10.6 Å². The van der Waals surface area contributed by atoms with Crippen LogP contribution in [0.15, 0.2) is 36.4 Å². The lowest BCUT2D eigenvalue weighted by Gasteiger charge is -2.24. The number of nitrogens with zero attached hydrogens (tertiary/aromatic N) is 2. The van der Waals surface area contributed by atoms with E-state index in [1.54, 1.807) is 12.1 Å². The van der Waals surface area contributed by atoms with Crippen molar-refractivity contribution >= 4 is 23.3 Å². The number of anilines is 2. The van der Waals surface area contributed by atoms with E-state index >= 15 is 0 Å². The number of amides is 2. The Labute approximate surface area is 140 Å². The van der Waals surface area contributed by atoms with E-state index in [-0.39, 0.29) is 23.7 Å². The standard InChI is InChI=1S/C18H20N4O2/c1-18(2,3)14-8-9-15(22-21-14)20-17(24)12-10-16(23)19-13-7-5-4-6-11(12)13/h4-9,12H,10H2,1-3H3,(H,19,23)(H,20,22,24). The molecule has 3 rings (SSSR count). The van der Waals surface area contributed by atoms with Gasteiger partial charge in [0.05, 0.1) is 11.6 Å². The summed E-state index contributed by atoms with van der Waals surface area (Å²) in [5, 5.41) is 13.8. The van der Waals surface area contributed by atoms with Crippen molar-refractivity contribution in [3.8, 4) is 0 Å². The van der Waals surface area contributed by atoms with E-state index in [0.29, 0.717) is 11.5 Å². The zero-order valence-corrected chi connectivity index (χ0v) is 14.0. The molecule has 2 aromatic rings. The first kappa shape index (κ1) is 16.1. The Hall–Kier alpha value is -2.76. The summed E-state index contributed by atoms with van der Waals surface area (Å²) in [4.78, 5) is 24.4. The molecule has 2 N–H and O–H groups in total. The lowest BCUT2D eigenvalue weighted by atomic mass is 9.90. The number of fused-ring (bicyclic) bond motifs is 1. The molecule has 6 heteroatoms. The zero-order valence-electron chi connectivity index (χ0n) is 14.0. The number of rotatable bonds is 2. The SMILES string of the molecule is CC(C)(C)c1ccc(NC(=O)C2CC(=O)Nc3ccccc32)nn1. The molecule has 6 nitrogen and oxygen atoms in total. The number of hydrogen-bond donors (Lipinski definition) is 2. The van der Waals surface area contributed by atoms with Crippen LogP contribution in [0.2, 0.25) is 0 Å². The maximum absolute atomic E-state index is 12.6. The summed E-state index contributed by atoms with van der Waals surface area (Å²) in [5.41, 5.74) is 2.25. The maximum Gasteiger partial charge on any atom is 0.233 e. The van der Waals surface area contributed by atoms with Crippen LogP contribution in [0, 0.1) is 0 Å². The Bertz CT molecular complexity index is 778. The zero-order chi connectivity index (χ0) is 17.3. The summed E-state index contributed by atoms with van der Waals surface area (Å²) < 4.78 is 0. The van der Waals surface area contributed by atoms with Crippen molar-refractivity contribution < 1.29 is 9.59 Å². The van der Waals surface area contributed by atoms with Crippen LogP contribution in [0.1, 0.15) is 44.4 Å². The fraction of sp³-hybridized carbons (Fsp3) is 0.333. The van der Waals surface area contributed by atoms with Gasteiger partial charge in [-0.25, -0.2) is 0 Å². The summed E-state index contributed by atoms with van der Waals surface area (Å²) >= 11 is 0. The molecule has 1 unspecified atom stereocenters. The molecule has 0 fully saturated rings. The maximum atomic E-state index is 12.6. The molecule has 0 aliphatic carbocycles. The van der Waals surface area contributed by atoms with Crippen LogP contribution in [0.4, 0.5) is 11.5 Å². The van der Waals surface area contributed by atoms with E-state index in [9.17, 15) is 9.59 Å². The molecule has 1 aliphatic heterocycles. The predicted octanol–water partition coefficient (Wildman–Crippen LogP) is 2.84. The minimum atomic E-state index is -0.529. The smallest absolute Gasteiger partial charge is 0.233 e. The van der Waals surface area contributed by atoms with Crippen molar-refractivity contribution in [1.82, 2.24) is 10.2 Å². The van der Waals surface area contributed by atoms with E-state index in [1.807, 2.05) is 45.0 Å². The number of nitrogens with one attached hydrogen (secondary N) is 2. The Morgan fingerprint density at radius 2 is 1.92 bits per heavy atom. The third-order valence-electron chi connectivity index (χ3n) is 4.00. The van der Waals surface area contributed by atoms with Gasteiger partial charge in [0.15, 0.2) is 5.82 Å². The average molecular weight is 324 g/mol. The first-order valence-electron chi connectivity index (χ1n) is 7.88. The average Bonchev–Trinajstić information content (AvgIpc) is 2.53. The van der Waals surface area contributed by atoms with Gasteiger partial charge in [-0.1, -0.05) is 39.0 Å². The van der Waals surface area contributed by atoms with E-state index in [2.05, 4.69) is 20.8 Å². The van der Waals surface area contributed by atoms with Gasteiger partial charge in [0.25, 0.3) is 0 Å². The minimum absolute atomic E-state index is 0.101. The lowest BCUT2D eigenvalue weighted by Crippen LogP contribution is -2.31. The van der Waals surface area contributed by atoms with Crippen molar-refractivity contribution in [2.45, 2.75) is 38.5 Å². The molecule has 1 atom stereocenters. The highest BCUT2D eigenvalue weighted by Gasteiger charge is 2.30. The molecule has 0 spiro atoms. The Balaban J connectivity index is 1.79. The van der Waals surface area contributed by atoms with Gasteiger partial charge in [-0.15, -0.1) is 5.10 Å². The van der Waals surface area contributed by atoms with Crippen molar-refractivity contribution in [2.24, 2.45) is 0 Å². The van der Waals surface area contributed by atoms with Gasteiger partial charge in [-0.2, -0.15) is 5.10 Å². The molecule has 2 amide bonds. The van der Waals surface area contributed by atoms with Crippen LogP contribution in [0.3, 0.4) is 0 Å². The summed E-state index contributed by atoms with van der Waals surface area (Å²) in [6, 6.07) is 10.9. The summed E-state index contributed by atoms with van der Waals surface area (Å²) in [7, 11) is 0. The van der Waals surface area contributed by atoms with E-state index in [4.69, 9.17) is 0 Å². The molecular weight excluding hydrogens is 304 g/mol. The number of aromatic nitrogens is 2. The number of para-hydroxylation sites is 1. The molecule has 24 heavy (non-hydrogen) atoms. The van der Waals surface area contributed by atoms with E-state index in [0.717, 1.165) is 11.3 Å². The molecule has 0 radical (unpaired) electrons. The van der Waals surface area contributed by atoms with Gasteiger partial charge in [0, 0.05) is 17.5 Å². The van der Waals surface area contributed by atoms with Gasteiger partial charge in [-0.3, -0.25) is 9.59 Å². The highest BCUT2D eigenvalue weighted by atomic mass is 16.2. The number of hydrogen-bond acceptors (Lipinski definition) is 4. The number of carbonyl (C=O) groups excluding carboxylic acids is 2. The fourth-order valence-corrected chi connectivity index (χ4v) is 2.66. The second kappa shape index (κ2) is 6.03. The molecule has 124 valence electrons. The third-order valence-corrected chi connectivity index (χ3v) is 4.00. The van der Waals surface area contributed by atoms with E-state index in [1.165, 1.54) is 0 Å². The first-order chi connectivity index (χ1) is 11.3. The lowest BCUT2D eigenvalue weighted by molar-refractivity contribution is -0.123. The predicted molar refractivity (Wildman–Crippen MR) is 91.8 cm³/mol. The topological polar surface area (TPSA) is 84.0 Å². The normalized spacial score (nSPS) is 17.0. The highest BCUT2D eigenvalue weighted by molar-refractivity contribution is 6.04. The van der Waals surface area contributed by atoms with E-state index < -0.39 is 5.92 Å². The van der Waals surface area contributed by atoms with Crippen molar-refractivity contribution in [3.63, 3.8) is 0 Å². The molecule has 1 aromatic heterocycles. The number of benzene rings is 1. The minimum Gasteiger partial charge on any atom is -0.326 e. The van der Waals surface area contributed by atoms with Crippen molar-refractivity contribution in [3.05, 3.63) is 47.7 Å². The van der Waals surface area contributed by atoms with Gasteiger partial charge in [0.1, 0.15) is 0 Å². The van der Waals surface area contributed by atoms with Crippen LogP contribution in [-0.2, 0) is 15.0 Å². The first-order valence-corrected chi connectivity index (χ1v) is 7.88. The van der Waals surface area contributed by atoms with Crippen LogP contribution >= 0.6 is 0 Å². The summed E-state index contributed by atoms with van der Waals surface area (Å²) in [6.45, 7) is 6.15. The molecule has 0 bridgehead atoms. The summed E-state index contributed by atoms with van der Waals surface area (Å²) in [6.07, 6.45) is 0.121. The Kier molecular flexibility index (Phi) is 4.05. The largest absolute Gasteiger partial charge is 0.326 e. The monoisotopic (exact) mass is 324 g/mol. The molecule has 0 saturated heterocycles. The second-order valence-electron chi connectivity index (χ2n) is 6.94. The Morgan fingerprint density at radius 1 is 1.17 bits per heavy atom. The third kappa shape index (κ3) is 3.27.